The van der Waals surface area contributed by atoms with E-state index in [0.29, 0.717) is 23.7 Å². The van der Waals surface area contributed by atoms with Gasteiger partial charge in [-0.15, -0.1) is 11.8 Å². The minimum atomic E-state index is -0.471. The van der Waals surface area contributed by atoms with E-state index in [1.165, 1.54) is 18.9 Å². The molecule has 10 heteroatoms. The van der Waals surface area contributed by atoms with Crippen LogP contribution in [-0.4, -0.2) is 49.2 Å². The summed E-state index contributed by atoms with van der Waals surface area (Å²) < 4.78 is 10.4. The van der Waals surface area contributed by atoms with Crippen LogP contribution >= 0.6 is 11.8 Å². The summed E-state index contributed by atoms with van der Waals surface area (Å²) in [4.78, 5) is 36.8. The van der Waals surface area contributed by atoms with Gasteiger partial charge in [0.15, 0.2) is 0 Å². The fraction of sp³-hybridized carbons (Fsp3) is 0.348. The lowest BCUT2D eigenvalue weighted by atomic mass is 10.1. The number of thioether (sulfide) groups is 1. The number of amides is 3. The highest BCUT2D eigenvalue weighted by atomic mass is 32.2. The van der Waals surface area contributed by atoms with Crippen molar-refractivity contribution in [3.05, 3.63) is 54.1 Å². The van der Waals surface area contributed by atoms with Gasteiger partial charge in [0.1, 0.15) is 17.0 Å². The van der Waals surface area contributed by atoms with E-state index in [9.17, 15) is 14.4 Å². The number of hydrogen-bond acceptors (Lipinski definition) is 7. The molecular formula is C23H28N4O5S. The number of anilines is 1. The van der Waals surface area contributed by atoms with Gasteiger partial charge in [-0.3, -0.25) is 19.7 Å². The molecular weight excluding hydrogens is 444 g/mol. The van der Waals surface area contributed by atoms with Crippen LogP contribution in [0.4, 0.5) is 5.69 Å². The van der Waals surface area contributed by atoms with Crippen LogP contribution in [0.3, 0.4) is 0 Å². The zero-order valence-electron chi connectivity index (χ0n) is 18.6. The Morgan fingerprint density at radius 1 is 1.09 bits per heavy atom. The largest absolute Gasteiger partial charge is 0.497 e. The standard InChI is InChI=1S/C23H28N4O5S/c1-31-17-8-9-18(19(12-17)32-2)26-22(30)14-33-23-25-16(11-21(29)27-23)10-20(28)24-13-15-6-4-3-5-7-15/h3-9,12,16,23,25H,10-11,13-14H2,1-2H3,(H,24,28)(H,26,30)(H,27,29). The van der Waals surface area contributed by atoms with Gasteiger partial charge in [-0.1, -0.05) is 30.3 Å². The topological polar surface area (TPSA) is 118 Å². The Bertz CT molecular complexity index is 973. The van der Waals surface area contributed by atoms with Crippen molar-refractivity contribution in [3.8, 4) is 11.5 Å². The van der Waals surface area contributed by atoms with E-state index in [-0.39, 0.29) is 42.4 Å². The zero-order valence-corrected chi connectivity index (χ0v) is 19.4. The predicted molar refractivity (Wildman–Crippen MR) is 127 cm³/mol. The SMILES string of the molecule is COc1ccc(NC(=O)CSC2NC(=O)CC(CC(=O)NCc3ccccc3)N2)c(OC)c1. The molecule has 176 valence electrons. The molecule has 3 rings (SSSR count). The van der Waals surface area contributed by atoms with Crippen molar-refractivity contribution in [1.29, 1.82) is 0 Å². The molecule has 2 aromatic carbocycles. The molecule has 33 heavy (non-hydrogen) atoms. The Labute approximate surface area is 197 Å². The number of rotatable bonds is 10. The summed E-state index contributed by atoms with van der Waals surface area (Å²) in [5, 5.41) is 11.7. The third-order valence-corrected chi connectivity index (χ3v) is 5.96. The van der Waals surface area contributed by atoms with E-state index in [1.54, 1.807) is 25.3 Å². The molecule has 0 radical (unpaired) electrons. The normalized spacial score (nSPS) is 17.6. The van der Waals surface area contributed by atoms with Crippen LogP contribution in [0.5, 0.6) is 11.5 Å². The second-order valence-electron chi connectivity index (χ2n) is 7.41. The molecule has 2 aromatic rings. The summed E-state index contributed by atoms with van der Waals surface area (Å²) in [5.74, 6) is 0.649. The van der Waals surface area contributed by atoms with Crippen LogP contribution in [0, 0.1) is 0 Å². The quantitative estimate of drug-likeness (QED) is 0.417. The number of hydrogen-bond donors (Lipinski definition) is 4. The molecule has 3 amide bonds. The molecule has 0 aromatic heterocycles. The van der Waals surface area contributed by atoms with Gasteiger partial charge in [-0.2, -0.15) is 0 Å². The van der Waals surface area contributed by atoms with Gasteiger partial charge in [0, 0.05) is 31.5 Å². The highest BCUT2D eigenvalue weighted by molar-refractivity contribution is 8.00. The number of carbonyl (C=O) groups is 3. The molecule has 2 atom stereocenters. The van der Waals surface area contributed by atoms with Gasteiger partial charge < -0.3 is 25.4 Å². The number of ether oxygens (including phenoxy) is 2. The lowest BCUT2D eigenvalue weighted by molar-refractivity contribution is -0.125. The fourth-order valence-corrected chi connectivity index (χ4v) is 4.20. The van der Waals surface area contributed by atoms with Crippen molar-refractivity contribution in [2.24, 2.45) is 0 Å². The molecule has 1 aliphatic rings. The summed E-state index contributed by atoms with van der Waals surface area (Å²) >= 11 is 1.24. The monoisotopic (exact) mass is 472 g/mol. The Balaban J connectivity index is 1.45. The summed E-state index contributed by atoms with van der Waals surface area (Å²) in [5.41, 5.74) is 1.06. The summed E-state index contributed by atoms with van der Waals surface area (Å²) in [6, 6.07) is 14.4. The Hall–Kier alpha value is -3.24. The molecule has 0 spiro atoms. The highest BCUT2D eigenvalue weighted by Gasteiger charge is 2.28. The first kappa shape index (κ1) is 24.4. The molecule has 1 aliphatic heterocycles. The first-order valence-corrected chi connectivity index (χ1v) is 11.5. The van der Waals surface area contributed by atoms with E-state index < -0.39 is 5.50 Å². The van der Waals surface area contributed by atoms with Crippen molar-refractivity contribution < 1.29 is 23.9 Å². The van der Waals surface area contributed by atoms with Crippen molar-refractivity contribution in [3.63, 3.8) is 0 Å². The molecule has 1 saturated heterocycles. The van der Waals surface area contributed by atoms with E-state index >= 15 is 0 Å². The van der Waals surface area contributed by atoms with Crippen LogP contribution in [0.25, 0.3) is 0 Å². The number of nitrogens with one attached hydrogen (secondary N) is 4. The lowest BCUT2D eigenvalue weighted by Gasteiger charge is -2.30. The molecule has 0 bridgehead atoms. The van der Waals surface area contributed by atoms with Crippen molar-refractivity contribution in [2.75, 3.05) is 25.3 Å². The van der Waals surface area contributed by atoms with Crippen molar-refractivity contribution >= 4 is 35.2 Å². The predicted octanol–water partition coefficient (Wildman–Crippen LogP) is 1.84. The maximum Gasteiger partial charge on any atom is 0.234 e. The van der Waals surface area contributed by atoms with Crippen LogP contribution in [0.15, 0.2) is 48.5 Å². The summed E-state index contributed by atoms with van der Waals surface area (Å²) in [6.45, 7) is 0.436. The van der Waals surface area contributed by atoms with Gasteiger partial charge >= 0.3 is 0 Å². The van der Waals surface area contributed by atoms with E-state index in [0.717, 1.165) is 5.56 Å². The molecule has 2 unspecified atom stereocenters. The van der Waals surface area contributed by atoms with Gasteiger partial charge in [0.2, 0.25) is 17.7 Å². The first-order chi connectivity index (χ1) is 16.0. The Kier molecular flexibility index (Phi) is 8.96. The van der Waals surface area contributed by atoms with Crippen LogP contribution in [0.2, 0.25) is 0 Å². The minimum Gasteiger partial charge on any atom is -0.497 e. The summed E-state index contributed by atoms with van der Waals surface area (Å²) in [7, 11) is 3.06. The second-order valence-corrected chi connectivity index (χ2v) is 8.50. The van der Waals surface area contributed by atoms with Gasteiger partial charge in [-0.25, -0.2) is 0 Å². The molecule has 0 saturated carbocycles. The third-order valence-electron chi connectivity index (χ3n) is 4.94. The van der Waals surface area contributed by atoms with Gasteiger partial charge in [-0.05, 0) is 17.7 Å². The summed E-state index contributed by atoms with van der Waals surface area (Å²) in [6.07, 6.45) is 0.373. The molecule has 4 N–H and O–H groups in total. The second kappa shape index (κ2) is 12.1. The molecule has 9 nitrogen and oxygen atoms in total. The molecule has 1 fully saturated rings. The van der Waals surface area contributed by atoms with Crippen molar-refractivity contribution in [2.45, 2.75) is 30.9 Å². The molecule has 1 heterocycles. The fourth-order valence-electron chi connectivity index (χ4n) is 3.30. The highest BCUT2D eigenvalue weighted by Crippen LogP contribution is 2.29. The smallest absolute Gasteiger partial charge is 0.234 e. The maximum atomic E-state index is 12.4. The van der Waals surface area contributed by atoms with E-state index in [1.807, 2.05) is 30.3 Å². The third kappa shape index (κ3) is 7.69. The number of benzene rings is 2. The maximum absolute atomic E-state index is 12.4. The van der Waals surface area contributed by atoms with Crippen LogP contribution in [-0.2, 0) is 20.9 Å². The average Bonchev–Trinajstić information content (AvgIpc) is 2.82. The number of carbonyl (C=O) groups excluding carboxylic acids is 3. The zero-order chi connectivity index (χ0) is 23.6. The molecule has 0 aliphatic carbocycles. The van der Waals surface area contributed by atoms with E-state index in [2.05, 4.69) is 21.3 Å². The Morgan fingerprint density at radius 2 is 1.88 bits per heavy atom. The van der Waals surface area contributed by atoms with Crippen molar-refractivity contribution in [1.82, 2.24) is 16.0 Å². The van der Waals surface area contributed by atoms with Gasteiger partial charge in [0.25, 0.3) is 0 Å². The number of methoxy groups -OCH3 is 2. The van der Waals surface area contributed by atoms with Crippen LogP contribution in [0.1, 0.15) is 18.4 Å². The lowest BCUT2D eigenvalue weighted by Crippen LogP contribution is -2.56. The average molecular weight is 473 g/mol. The minimum absolute atomic E-state index is 0.0973. The van der Waals surface area contributed by atoms with Crippen LogP contribution < -0.4 is 30.7 Å². The van der Waals surface area contributed by atoms with Gasteiger partial charge in [0.05, 0.1) is 25.7 Å². The van der Waals surface area contributed by atoms with E-state index in [4.69, 9.17) is 9.47 Å². The first-order valence-electron chi connectivity index (χ1n) is 10.5. The Morgan fingerprint density at radius 3 is 2.61 bits per heavy atom.